The van der Waals surface area contributed by atoms with Gasteiger partial charge in [0, 0.05) is 0 Å². The summed E-state index contributed by atoms with van der Waals surface area (Å²) in [5.74, 6) is 0. The van der Waals surface area contributed by atoms with Gasteiger partial charge >= 0.3 is 53.8 Å². The van der Waals surface area contributed by atoms with Crippen molar-refractivity contribution in [3.63, 3.8) is 0 Å². The first-order chi connectivity index (χ1) is 2.00. The van der Waals surface area contributed by atoms with E-state index in [0.717, 1.165) is 0 Å². The summed E-state index contributed by atoms with van der Waals surface area (Å²) in [5.41, 5.74) is 0. The second-order valence-electron chi connectivity index (χ2n) is 0. The first-order valence-electron chi connectivity index (χ1n) is 0.327. The maximum atomic E-state index is 8.06. The normalized spacial score (nSPS) is 1.71. The molecular formula is CuO4SiZn. The van der Waals surface area contributed by atoms with Crippen LogP contribution in [0.1, 0.15) is 0 Å². The summed E-state index contributed by atoms with van der Waals surface area (Å²) in [7, 11) is 1.72. The number of rotatable bonds is 0. The molecule has 0 spiro atoms. The van der Waals surface area contributed by atoms with E-state index in [2.05, 4.69) is 15.9 Å². The molecule has 0 aliphatic carbocycles. The van der Waals surface area contributed by atoms with Crippen LogP contribution in [-0.4, -0.2) is 10.1 Å². The molecule has 0 radical (unpaired) electrons. The molecule has 0 amide bonds. The fourth-order valence-electron chi connectivity index (χ4n) is 0. The molecule has 0 saturated carbocycles. The standard InChI is InChI=1S/Cu.OSi.3O.Zn/c;1-2;;;;/q;+2;;2*-2;+2. The Bertz CT molecular complexity index is 13.7. The van der Waals surface area contributed by atoms with E-state index in [-0.39, 0.29) is 30.4 Å². The quantitative estimate of drug-likeness (QED) is 0.498. The summed E-state index contributed by atoms with van der Waals surface area (Å²) in [6.07, 6.45) is 0. The summed E-state index contributed by atoms with van der Waals surface area (Å²) in [6, 6.07) is 0. The molecule has 7 heteroatoms. The Hall–Kier alpha value is 0.880. The molecule has 0 fully saturated rings. The molecule has 0 rings (SSSR count). The SMILES string of the molecule is O=[Si+2].[O-2].[O-2].[O]=[Cu].[Zn+2]. The molecule has 0 heterocycles. The van der Waals surface area contributed by atoms with E-state index in [4.69, 9.17) is 8.30 Å². The monoisotopic (exact) mass is 219 g/mol. The van der Waals surface area contributed by atoms with E-state index in [1.54, 1.807) is 10.1 Å². The van der Waals surface area contributed by atoms with Crippen molar-refractivity contribution >= 4 is 10.1 Å². The molecule has 4 nitrogen and oxygen atoms in total. The first kappa shape index (κ1) is 45.0. The van der Waals surface area contributed by atoms with Crippen molar-refractivity contribution in [3.05, 3.63) is 0 Å². The van der Waals surface area contributed by atoms with E-state index in [1.807, 2.05) is 0 Å². The van der Waals surface area contributed by atoms with Crippen molar-refractivity contribution in [2.24, 2.45) is 0 Å². The Morgan fingerprint density at radius 2 is 1.00 bits per heavy atom. The van der Waals surface area contributed by atoms with Crippen LogP contribution < -0.4 is 0 Å². The predicted octanol–water partition coefficient (Wildman–Crippen LogP) is -0.861. The van der Waals surface area contributed by atoms with Gasteiger partial charge < -0.3 is 11.0 Å². The third kappa shape index (κ3) is 212. The summed E-state index contributed by atoms with van der Waals surface area (Å²) < 4.78 is 15.9. The van der Waals surface area contributed by atoms with Gasteiger partial charge in [-0.15, -0.1) is 0 Å². The molecule has 0 saturated heterocycles. The van der Waals surface area contributed by atoms with Crippen LogP contribution in [-0.2, 0) is 54.7 Å². The first-order valence-corrected chi connectivity index (χ1v) is 1.12. The van der Waals surface area contributed by atoms with Crippen LogP contribution in [0.15, 0.2) is 0 Å². The summed E-state index contributed by atoms with van der Waals surface area (Å²) in [6.45, 7) is 0. The van der Waals surface area contributed by atoms with Crippen LogP contribution in [0.5, 0.6) is 0 Å². The van der Waals surface area contributed by atoms with E-state index >= 15 is 0 Å². The van der Waals surface area contributed by atoms with E-state index in [9.17, 15) is 0 Å². The molecule has 0 unspecified atom stereocenters. The van der Waals surface area contributed by atoms with Gasteiger partial charge in [-0.1, -0.05) is 0 Å². The van der Waals surface area contributed by atoms with Gasteiger partial charge in [-0.2, -0.15) is 0 Å². The molecular weight excluding hydrogens is 221 g/mol. The molecule has 0 aliphatic rings. The van der Waals surface area contributed by atoms with Crippen LogP contribution in [0.3, 0.4) is 0 Å². The average Bonchev–Trinajstić information content (AvgIpc) is 1.50. The third-order valence-electron chi connectivity index (χ3n) is 0. The second-order valence-corrected chi connectivity index (χ2v) is 0. The topological polar surface area (TPSA) is 91.1 Å². The van der Waals surface area contributed by atoms with Gasteiger partial charge in [-0.25, -0.2) is 0 Å². The Morgan fingerprint density at radius 1 is 1.00 bits per heavy atom. The minimum Gasteiger partial charge on any atom is 2.00 e. The molecule has 0 atom stereocenters. The predicted molar refractivity (Wildman–Crippen MR) is 8.50 cm³/mol. The van der Waals surface area contributed by atoms with Gasteiger partial charge in [0.15, 0.2) is 0 Å². The molecule has 0 bridgehead atoms. The molecule has 0 N–H and O–H groups in total. The van der Waals surface area contributed by atoms with Crippen LogP contribution in [0, 0.1) is 0 Å². The van der Waals surface area contributed by atoms with E-state index in [1.165, 1.54) is 0 Å². The van der Waals surface area contributed by atoms with Crippen LogP contribution in [0.2, 0.25) is 0 Å². The maximum Gasteiger partial charge on any atom is 2.00 e. The summed E-state index contributed by atoms with van der Waals surface area (Å²) in [4.78, 5) is 0. The van der Waals surface area contributed by atoms with Gasteiger partial charge in [0.1, 0.15) is 0 Å². The zero-order chi connectivity index (χ0) is 4.00. The average molecular weight is 221 g/mol. The largest absolute Gasteiger partial charge is 2.00 e. The Morgan fingerprint density at radius 3 is 1.00 bits per heavy atom. The zero-order valence-corrected chi connectivity index (χ0v) is 8.05. The molecule has 0 aromatic rings. The van der Waals surface area contributed by atoms with Crippen molar-refractivity contribution in [1.29, 1.82) is 0 Å². The van der Waals surface area contributed by atoms with Crippen LogP contribution in [0.4, 0.5) is 0 Å². The summed E-state index contributed by atoms with van der Waals surface area (Å²) in [5, 5.41) is 0. The molecule has 0 aliphatic heterocycles. The second kappa shape index (κ2) is 307. The molecule has 41 valence electrons. The Kier molecular flexibility index (Phi) is 1970. The Labute approximate surface area is 64.9 Å². The number of hydrogen-bond donors (Lipinski definition) is 0. The minimum absolute atomic E-state index is 0. The molecule has 0 aromatic heterocycles. The fraction of sp³-hybridized carbons (Fsp3) is 0. The summed E-state index contributed by atoms with van der Waals surface area (Å²) >= 11 is 2.94. The van der Waals surface area contributed by atoms with E-state index in [0.29, 0.717) is 0 Å². The van der Waals surface area contributed by atoms with Gasteiger partial charge in [0.05, 0.1) is 0 Å². The van der Waals surface area contributed by atoms with Crippen molar-refractivity contribution in [1.82, 2.24) is 0 Å². The van der Waals surface area contributed by atoms with Crippen molar-refractivity contribution in [2.45, 2.75) is 0 Å². The molecule has 0 aromatic carbocycles. The maximum absolute atomic E-state index is 8.06. The smallest absolute Gasteiger partial charge is 2.00 e. The van der Waals surface area contributed by atoms with E-state index < -0.39 is 0 Å². The Balaban J connectivity index is -0.00000000267. The van der Waals surface area contributed by atoms with Crippen LogP contribution >= 0.6 is 0 Å². The minimum atomic E-state index is 0. The fourth-order valence-corrected chi connectivity index (χ4v) is 0. The van der Waals surface area contributed by atoms with Gasteiger partial charge in [-0.05, 0) is 0 Å². The van der Waals surface area contributed by atoms with Crippen LogP contribution in [0.25, 0.3) is 0 Å². The zero-order valence-electron chi connectivity index (χ0n) is 3.14. The van der Waals surface area contributed by atoms with Crippen molar-refractivity contribution in [2.75, 3.05) is 0 Å². The van der Waals surface area contributed by atoms with Gasteiger partial charge in [0.25, 0.3) is 0 Å². The van der Waals surface area contributed by atoms with Crippen molar-refractivity contribution < 1.29 is 54.7 Å². The third-order valence-corrected chi connectivity index (χ3v) is 0. The van der Waals surface area contributed by atoms with Crippen molar-refractivity contribution in [3.8, 4) is 0 Å². The van der Waals surface area contributed by atoms with Gasteiger partial charge in [-0.3, -0.25) is 0 Å². The molecule has 7 heavy (non-hydrogen) atoms. The van der Waals surface area contributed by atoms with Gasteiger partial charge in [0.2, 0.25) is 0 Å². The number of hydrogen-bond acceptors (Lipinski definition) is 2.